The molecule has 0 saturated carbocycles. The van der Waals surface area contributed by atoms with E-state index in [-0.39, 0.29) is 5.56 Å². The van der Waals surface area contributed by atoms with E-state index in [4.69, 9.17) is 10.4 Å². The van der Waals surface area contributed by atoms with E-state index >= 15 is 0 Å². The van der Waals surface area contributed by atoms with Crippen molar-refractivity contribution in [2.75, 3.05) is 0 Å². The van der Waals surface area contributed by atoms with Gasteiger partial charge in [0.15, 0.2) is 11.6 Å². The van der Waals surface area contributed by atoms with E-state index in [9.17, 15) is 4.39 Å². The minimum Gasteiger partial charge on any atom is -0.504 e. The first-order valence-corrected chi connectivity index (χ1v) is 3.53. The Morgan fingerprint density at radius 2 is 2.18 bits per heavy atom. The van der Waals surface area contributed by atoms with Crippen molar-refractivity contribution in [1.82, 2.24) is 0 Å². The predicted octanol–water partition coefficient (Wildman–Crippen LogP) is 2.17. The van der Waals surface area contributed by atoms with Crippen LogP contribution in [0.1, 0.15) is 5.56 Å². The summed E-state index contributed by atoms with van der Waals surface area (Å²) in [4.78, 5) is 0. The zero-order valence-corrected chi connectivity index (χ0v) is 6.89. The molecule has 2 nitrogen and oxygen atoms in total. The smallest absolute Gasteiger partial charge is 0.170 e. The third-order valence-corrected chi connectivity index (χ3v) is 1.85. The summed E-state index contributed by atoms with van der Waals surface area (Å²) in [6, 6.07) is 4.12. The molecular formula is C7H3BrFNO. The molecule has 4 heteroatoms. The summed E-state index contributed by atoms with van der Waals surface area (Å²) in [7, 11) is 0. The Morgan fingerprint density at radius 1 is 1.55 bits per heavy atom. The number of phenolic OH excluding ortho intramolecular Hbond substituents is 1. The van der Waals surface area contributed by atoms with Crippen LogP contribution in [0.15, 0.2) is 16.6 Å². The highest BCUT2D eigenvalue weighted by molar-refractivity contribution is 9.10. The Balaban J connectivity index is 3.44. The van der Waals surface area contributed by atoms with Gasteiger partial charge in [-0.3, -0.25) is 0 Å². The van der Waals surface area contributed by atoms with Gasteiger partial charge in [0.05, 0.1) is 0 Å². The quantitative estimate of drug-likeness (QED) is 0.722. The number of hydrogen-bond donors (Lipinski definition) is 1. The van der Waals surface area contributed by atoms with Crippen molar-refractivity contribution in [3.63, 3.8) is 0 Å². The van der Waals surface area contributed by atoms with Crippen LogP contribution >= 0.6 is 15.9 Å². The van der Waals surface area contributed by atoms with Gasteiger partial charge in [-0.05, 0) is 28.1 Å². The third kappa shape index (κ3) is 1.33. The average molecular weight is 216 g/mol. The minimum atomic E-state index is -0.787. The lowest BCUT2D eigenvalue weighted by Gasteiger charge is -1.98. The number of nitriles is 1. The number of benzene rings is 1. The predicted molar refractivity (Wildman–Crippen MR) is 40.5 cm³/mol. The number of hydrogen-bond acceptors (Lipinski definition) is 2. The van der Waals surface area contributed by atoms with Crippen LogP contribution in [0.5, 0.6) is 5.75 Å². The van der Waals surface area contributed by atoms with Crippen molar-refractivity contribution in [2.45, 2.75) is 0 Å². The first-order chi connectivity index (χ1) is 5.16. The molecule has 0 unspecified atom stereocenters. The Bertz CT molecular complexity index is 332. The Morgan fingerprint density at radius 3 is 2.64 bits per heavy atom. The fourth-order valence-corrected chi connectivity index (χ4v) is 1.06. The molecule has 0 atom stereocenters. The van der Waals surface area contributed by atoms with Gasteiger partial charge in [0, 0.05) is 4.47 Å². The lowest BCUT2D eigenvalue weighted by Crippen LogP contribution is -1.83. The van der Waals surface area contributed by atoms with Crippen LogP contribution < -0.4 is 0 Å². The van der Waals surface area contributed by atoms with Gasteiger partial charge in [-0.15, -0.1) is 0 Å². The van der Waals surface area contributed by atoms with Crippen LogP contribution in [0.3, 0.4) is 0 Å². The van der Waals surface area contributed by atoms with Gasteiger partial charge in [0.1, 0.15) is 11.6 Å². The summed E-state index contributed by atoms with van der Waals surface area (Å²) in [5, 5.41) is 17.4. The van der Waals surface area contributed by atoms with Gasteiger partial charge in [-0.1, -0.05) is 0 Å². The van der Waals surface area contributed by atoms with E-state index < -0.39 is 11.6 Å². The zero-order chi connectivity index (χ0) is 8.43. The second-order valence-corrected chi connectivity index (χ2v) is 2.72. The molecule has 1 aromatic carbocycles. The monoisotopic (exact) mass is 215 g/mol. The summed E-state index contributed by atoms with van der Waals surface area (Å²) in [6.07, 6.45) is 0. The van der Waals surface area contributed by atoms with E-state index in [1.165, 1.54) is 6.07 Å². The molecule has 1 aromatic rings. The maximum atomic E-state index is 12.5. The maximum Gasteiger partial charge on any atom is 0.170 e. The summed E-state index contributed by atoms with van der Waals surface area (Å²) in [6.45, 7) is 0. The van der Waals surface area contributed by atoms with Gasteiger partial charge in [0.2, 0.25) is 0 Å². The Kier molecular flexibility index (Phi) is 2.11. The summed E-state index contributed by atoms with van der Waals surface area (Å²) < 4.78 is 12.9. The normalized spacial score (nSPS) is 9.18. The lowest BCUT2D eigenvalue weighted by molar-refractivity contribution is 0.430. The van der Waals surface area contributed by atoms with Crippen LogP contribution in [0.25, 0.3) is 0 Å². The molecule has 0 radical (unpaired) electrons. The largest absolute Gasteiger partial charge is 0.504 e. The number of halogens is 2. The molecule has 0 fully saturated rings. The van der Waals surface area contributed by atoms with E-state index in [1.54, 1.807) is 6.07 Å². The van der Waals surface area contributed by atoms with Crippen LogP contribution in [-0.2, 0) is 0 Å². The Hall–Kier alpha value is -1.08. The van der Waals surface area contributed by atoms with Crippen molar-refractivity contribution in [3.8, 4) is 11.8 Å². The topological polar surface area (TPSA) is 44.0 Å². The van der Waals surface area contributed by atoms with Crippen LogP contribution in [0.4, 0.5) is 4.39 Å². The summed E-state index contributed by atoms with van der Waals surface area (Å²) in [5.41, 5.74) is -0.0787. The number of aromatic hydroxyl groups is 1. The van der Waals surface area contributed by atoms with Crippen LogP contribution in [0, 0.1) is 17.1 Å². The van der Waals surface area contributed by atoms with Crippen molar-refractivity contribution < 1.29 is 9.50 Å². The van der Waals surface area contributed by atoms with Gasteiger partial charge in [-0.2, -0.15) is 5.26 Å². The van der Waals surface area contributed by atoms with Gasteiger partial charge >= 0.3 is 0 Å². The van der Waals surface area contributed by atoms with Crippen molar-refractivity contribution in [3.05, 3.63) is 28.0 Å². The molecule has 0 aliphatic carbocycles. The van der Waals surface area contributed by atoms with Crippen molar-refractivity contribution in [2.24, 2.45) is 0 Å². The number of nitrogens with zero attached hydrogens (tertiary/aromatic N) is 1. The lowest BCUT2D eigenvalue weighted by atomic mass is 10.2. The van der Waals surface area contributed by atoms with E-state index in [0.717, 1.165) is 6.07 Å². The zero-order valence-electron chi connectivity index (χ0n) is 5.31. The molecule has 0 bridgehead atoms. The molecule has 0 aromatic heterocycles. The summed E-state index contributed by atoms with van der Waals surface area (Å²) >= 11 is 2.99. The molecule has 0 heterocycles. The number of phenols is 1. The molecule has 0 spiro atoms. The highest BCUT2D eigenvalue weighted by atomic mass is 79.9. The van der Waals surface area contributed by atoms with Crippen molar-refractivity contribution >= 4 is 15.9 Å². The van der Waals surface area contributed by atoms with Gasteiger partial charge in [0.25, 0.3) is 0 Å². The number of rotatable bonds is 0. The van der Waals surface area contributed by atoms with Crippen molar-refractivity contribution in [1.29, 1.82) is 5.26 Å². The van der Waals surface area contributed by atoms with Crippen LogP contribution in [-0.4, -0.2) is 5.11 Å². The second kappa shape index (κ2) is 2.89. The van der Waals surface area contributed by atoms with E-state index in [2.05, 4.69) is 15.9 Å². The molecule has 11 heavy (non-hydrogen) atoms. The first-order valence-electron chi connectivity index (χ1n) is 2.74. The Labute approximate surface area is 71.0 Å². The van der Waals surface area contributed by atoms with Gasteiger partial charge < -0.3 is 5.11 Å². The molecule has 1 N–H and O–H groups in total. The highest BCUT2D eigenvalue weighted by Crippen LogP contribution is 2.27. The first kappa shape index (κ1) is 8.02. The van der Waals surface area contributed by atoms with E-state index in [0.29, 0.717) is 4.47 Å². The molecular weight excluding hydrogens is 213 g/mol. The molecule has 56 valence electrons. The molecule has 0 amide bonds. The van der Waals surface area contributed by atoms with Crippen LogP contribution in [0.2, 0.25) is 0 Å². The van der Waals surface area contributed by atoms with E-state index in [1.807, 2.05) is 0 Å². The summed E-state index contributed by atoms with van der Waals surface area (Å²) in [5.74, 6) is -1.40. The molecule has 0 aliphatic rings. The van der Waals surface area contributed by atoms with Gasteiger partial charge in [-0.25, -0.2) is 4.39 Å². The second-order valence-electron chi connectivity index (χ2n) is 1.86. The average Bonchev–Trinajstić information content (AvgIpc) is 1.99. The highest BCUT2D eigenvalue weighted by Gasteiger charge is 2.09. The SMILES string of the molecule is N#Cc1c(Br)ccc(F)c1O. The third-order valence-electron chi connectivity index (χ3n) is 1.19. The minimum absolute atomic E-state index is 0.0787. The molecule has 1 rings (SSSR count). The molecule has 0 saturated heterocycles. The fraction of sp³-hybridized carbons (Fsp3) is 0. The fourth-order valence-electron chi connectivity index (χ4n) is 0.647. The standard InChI is InChI=1S/C7H3BrFNO/c8-5-1-2-6(9)7(11)4(5)3-10/h1-2,11H. The maximum absolute atomic E-state index is 12.5. The molecule has 0 aliphatic heterocycles.